The molecule has 0 saturated heterocycles. The number of carbonyl (C=O) groups excluding carboxylic acids is 1. The van der Waals surface area contributed by atoms with Gasteiger partial charge in [-0.25, -0.2) is 9.79 Å². The van der Waals surface area contributed by atoms with E-state index in [1.165, 1.54) is 16.9 Å². The topological polar surface area (TPSA) is 63.9 Å². The molecule has 1 atom stereocenters. The number of rotatable bonds is 8. The van der Waals surface area contributed by atoms with Crippen LogP contribution < -0.4 is 19.8 Å². The highest BCUT2D eigenvalue weighted by Crippen LogP contribution is 2.31. The van der Waals surface area contributed by atoms with E-state index in [1.54, 1.807) is 11.5 Å². The smallest absolute Gasteiger partial charge is 0.338 e. The van der Waals surface area contributed by atoms with Crippen molar-refractivity contribution in [1.82, 2.24) is 4.57 Å². The van der Waals surface area contributed by atoms with E-state index >= 15 is 0 Å². The van der Waals surface area contributed by atoms with Crippen molar-refractivity contribution in [2.75, 3.05) is 24.6 Å². The van der Waals surface area contributed by atoms with Gasteiger partial charge in [0, 0.05) is 18.8 Å². The van der Waals surface area contributed by atoms with Gasteiger partial charge >= 0.3 is 5.97 Å². The summed E-state index contributed by atoms with van der Waals surface area (Å²) in [5.74, 6) is -0.0612. The van der Waals surface area contributed by atoms with Gasteiger partial charge in [0.2, 0.25) is 0 Å². The molecule has 7 heteroatoms. The highest BCUT2D eigenvalue weighted by Gasteiger charge is 2.33. The van der Waals surface area contributed by atoms with Crippen molar-refractivity contribution in [1.29, 1.82) is 0 Å². The third-order valence-corrected chi connectivity index (χ3v) is 7.74. The fourth-order valence-electron chi connectivity index (χ4n) is 4.69. The lowest BCUT2D eigenvalue weighted by Crippen LogP contribution is -2.39. The van der Waals surface area contributed by atoms with E-state index in [4.69, 9.17) is 4.74 Å². The summed E-state index contributed by atoms with van der Waals surface area (Å²) in [4.78, 5) is 34.4. The molecule has 0 spiro atoms. The summed E-state index contributed by atoms with van der Waals surface area (Å²) in [6.07, 6.45) is 1.90. The molecule has 3 aromatic rings. The minimum absolute atomic E-state index is 0.163. The Balaban J connectivity index is 1.84. The van der Waals surface area contributed by atoms with Gasteiger partial charge in [0.15, 0.2) is 4.80 Å². The second-order valence-electron chi connectivity index (χ2n) is 9.39. The molecule has 2 aromatic carbocycles. The van der Waals surface area contributed by atoms with Crippen molar-refractivity contribution < 1.29 is 9.53 Å². The average Bonchev–Trinajstić information content (AvgIpc) is 3.19. The van der Waals surface area contributed by atoms with Crippen LogP contribution in [0.25, 0.3) is 6.08 Å². The van der Waals surface area contributed by atoms with Crippen molar-refractivity contribution in [3.63, 3.8) is 0 Å². The number of hydrogen-bond acceptors (Lipinski definition) is 6. The number of fused-ring (bicyclic) bond motifs is 1. The molecule has 6 nitrogen and oxygen atoms in total. The molecule has 0 bridgehead atoms. The van der Waals surface area contributed by atoms with Gasteiger partial charge < -0.3 is 9.64 Å². The number of aromatic nitrogens is 1. The number of allylic oxidation sites excluding steroid dienone is 1. The maximum absolute atomic E-state index is 13.8. The van der Waals surface area contributed by atoms with E-state index in [9.17, 15) is 9.59 Å². The number of thiazole rings is 1. The summed E-state index contributed by atoms with van der Waals surface area (Å²) in [5, 5.41) is 0. The average molecular weight is 518 g/mol. The Hall–Kier alpha value is -3.45. The SMILES string of the molecule is CCOC(=O)C1=C(C)N=c2sc(=Cc3ccc(N(CC)CC)cc3)c(=O)n2C1c1ccc(C(C)C)cc1. The van der Waals surface area contributed by atoms with E-state index in [1.807, 2.05) is 37.3 Å². The molecule has 37 heavy (non-hydrogen) atoms. The zero-order chi connectivity index (χ0) is 26.7. The summed E-state index contributed by atoms with van der Waals surface area (Å²) in [5.41, 5.74) is 4.97. The first-order valence-corrected chi connectivity index (χ1v) is 13.7. The monoisotopic (exact) mass is 517 g/mol. The van der Waals surface area contributed by atoms with E-state index in [0.29, 0.717) is 26.5 Å². The summed E-state index contributed by atoms with van der Waals surface area (Å²) >= 11 is 1.35. The Labute approximate surface area is 222 Å². The molecule has 0 amide bonds. The fraction of sp³-hybridized carbons (Fsp3) is 0.367. The molecule has 194 valence electrons. The normalized spacial score (nSPS) is 15.5. The first-order valence-electron chi connectivity index (χ1n) is 12.9. The lowest BCUT2D eigenvalue weighted by molar-refractivity contribution is -0.139. The van der Waals surface area contributed by atoms with Gasteiger partial charge in [-0.2, -0.15) is 0 Å². The fourth-order valence-corrected chi connectivity index (χ4v) is 5.74. The Morgan fingerprint density at radius 3 is 2.30 bits per heavy atom. The number of benzene rings is 2. The van der Waals surface area contributed by atoms with Crippen molar-refractivity contribution in [2.45, 2.75) is 53.5 Å². The van der Waals surface area contributed by atoms with E-state index < -0.39 is 12.0 Å². The Morgan fingerprint density at radius 2 is 1.73 bits per heavy atom. The number of esters is 1. The highest BCUT2D eigenvalue weighted by atomic mass is 32.1. The van der Waals surface area contributed by atoms with Crippen LogP contribution in [-0.2, 0) is 9.53 Å². The molecule has 1 aliphatic rings. The van der Waals surface area contributed by atoms with Gasteiger partial charge in [-0.15, -0.1) is 0 Å². The second-order valence-corrected chi connectivity index (χ2v) is 10.4. The molecule has 0 radical (unpaired) electrons. The predicted octanol–water partition coefficient (Wildman–Crippen LogP) is 4.77. The molecule has 1 unspecified atom stereocenters. The molecular weight excluding hydrogens is 482 g/mol. The lowest BCUT2D eigenvalue weighted by Gasteiger charge is -2.25. The molecule has 0 fully saturated rings. The van der Waals surface area contributed by atoms with Crippen molar-refractivity contribution in [2.24, 2.45) is 4.99 Å². The third kappa shape index (κ3) is 5.32. The second kappa shape index (κ2) is 11.3. The summed E-state index contributed by atoms with van der Waals surface area (Å²) in [6, 6.07) is 15.8. The zero-order valence-corrected chi connectivity index (χ0v) is 23.3. The van der Waals surface area contributed by atoms with Gasteiger partial charge in [-0.05, 0) is 68.5 Å². The van der Waals surface area contributed by atoms with Crippen LogP contribution in [0.5, 0.6) is 0 Å². The van der Waals surface area contributed by atoms with Crippen LogP contribution in [0, 0.1) is 0 Å². The number of ether oxygens (including phenoxy) is 1. The number of anilines is 1. The van der Waals surface area contributed by atoms with Crippen LogP contribution in [0.15, 0.2) is 69.6 Å². The highest BCUT2D eigenvalue weighted by molar-refractivity contribution is 7.07. The predicted molar refractivity (Wildman–Crippen MR) is 151 cm³/mol. The maximum atomic E-state index is 13.8. The summed E-state index contributed by atoms with van der Waals surface area (Å²) in [6.45, 7) is 14.3. The largest absolute Gasteiger partial charge is 0.463 e. The van der Waals surface area contributed by atoms with Crippen molar-refractivity contribution in [3.05, 3.63) is 96.2 Å². The van der Waals surface area contributed by atoms with Gasteiger partial charge in [0.25, 0.3) is 5.56 Å². The first-order chi connectivity index (χ1) is 17.8. The molecule has 1 aromatic heterocycles. The van der Waals surface area contributed by atoms with E-state index in [0.717, 1.165) is 29.9 Å². The van der Waals surface area contributed by atoms with Gasteiger partial charge in [-0.3, -0.25) is 9.36 Å². The van der Waals surface area contributed by atoms with Crippen molar-refractivity contribution in [3.8, 4) is 0 Å². The molecule has 4 rings (SSSR count). The molecule has 1 aliphatic heterocycles. The Kier molecular flexibility index (Phi) is 8.13. The first kappa shape index (κ1) is 26.6. The van der Waals surface area contributed by atoms with Crippen LogP contribution in [-0.4, -0.2) is 30.2 Å². The minimum Gasteiger partial charge on any atom is -0.463 e. The molecule has 0 N–H and O–H groups in total. The van der Waals surface area contributed by atoms with Crippen LogP contribution in [0.4, 0.5) is 5.69 Å². The van der Waals surface area contributed by atoms with Crippen LogP contribution in [0.1, 0.15) is 70.2 Å². The quantitative estimate of drug-likeness (QED) is 0.404. The number of hydrogen-bond donors (Lipinski definition) is 0. The van der Waals surface area contributed by atoms with Gasteiger partial charge in [0.05, 0.1) is 28.5 Å². The minimum atomic E-state index is -0.594. The maximum Gasteiger partial charge on any atom is 0.338 e. The van der Waals surface area contributed by atoms with Crippen LogP contribution in [0.3, 0.4) is 0 Å². The van der Waals surface area contributed by atoms with Gasteiger partial charge in [-0.1, -0.05) is 61.6 Å². The van der Waals surface area contributed by atoms with Gasteiger partial charge in [0.1, 0.15) is 0 Å². The van der Waals surface area contributed by atoms with Crippen LogP contribution in [0.2, 0.25) is 0 Å². The third-order valence-electron chi connectivity index (χ3n) is 6.76. The summed E-state index contributed by atoms with van der Waals surface area (Å²) in [7, 11) is 0. The Bertz CT molecular complexity index is 1470. The number of carbonyl (C=O) groups is 1. The molecule has 0 saturated carbocycles. The van der Waals surface area contributed by atoms with E-state index in [-0.39, 0.29) is 12.2 Å². The van der Waals surface area contributed by atoms with Crippen LogP contribution >= 0.6 is 11.3 Å². The zero-order valence-electron chi connectivity index (χ0n) is 22.4. The van der Waals surface area contributed by atoms with Crippen molar-refractivity contribution >= 4 is 29.1 Å². The molecule has 0 aliphatic carbocycles. The molecule has 2 heterocycles. The number of nitrogens with zero attached hydrogens (tertiary/aromatic N) is 3. The lowest BCUT2D eigenvalue weighted by atomic mass is 9.93. The standard InChI is InChI=1S/C30H35N3O3S/c1-7-32(8-2)24-16-10-21(11-17-24)18-25-28(34)33-27(23-14-12-22(13-15-23)19(4)5)26(29(35)36-9-3)20(6)31-30(33)37-25/h10-19,27H,7-9H2,1-6H3. The summed E-state index contributed by atoms with van der Waals surface area (Å²) < 4.78 is 7.61. The molecular formula is C30H35N3O3S. The van der Waals surface area contributed by atoms with E-state index in [2.05, 4.69) is 61.9 Å². The Morgan fingerprint density at radius 1 is 1.08 bits per heavy atom.